The second-order valence-electron chi connectivity index (χ2n) is 6.86. The SMILES string of the molecule is [B]c1cc(C(F)(F)F)cc(S(=O)(=O)N[C@@H]2CCCc3c2cnn3CC(=O)OCC)c1. The van der Waals surface area contributed by atoms with Gasteiger partial charge in [0.05, 0.1) is 29.3 Å². The zero-order chi connectivity index (χ0) is 22.1. The molecule has 0 saturated carbocycles. The van der Waals surface area contributed by atoms with Crippen molar-refractivity contribution in [2.45, 2.75) is 49.8 Å². The Kier molecular flexibility index (Phi) is 6.28. The summed E-state index contributed by atoms with van der Waals surface area (Å²) in [6, 6.07) is 1.51. The number of aromatic nitrogens is 2. The minimum atomic E-state index is -4.73. The molecule has 12 heteroatoms. The Morgan fingerprint density at radius 1 is 1.37 bits per heavy atom. The van der Waals surface area contributed by atoms with Crippen LogP contribution in [0.4, 0.5) is 13.2 Å². The van der Waals surface area contributed by atoms with Crippen LogP contribution in [0.1, 0.15) is 42.6 Å². The topological polar surface area (TPSA) is 90.3 Å². The monoisotopic (exact) mass is 441 g/mol. The number of nitrogens with zero attached hydrogens (tertiary/aromatic N) is 2. The van der Waals surface area contributed by atoms with E-state index in [4.69, 9.17) is 12.6 Å². The van der Waals surface area contributed by atoms with E-state index < -0.39 is 38.7 Å². The number of ether oxygens (including phenoxy) is 1. The van der Waals surface area contributed by atoms with Crippen LogP contribution in [-0.2, 0) is 38.7 Å². The Morgan fingerprint density at radius 3 is 2.77 bits per heavy atom. The molecule has 1 N–H and O–H groups in total. The minimum Gasteiger partial charge on any atom is -0.465 e. The molecule has 1 aromatic carbocycles. The third-order valence-corrected chi connectivity index (χ3v) is 6.16. The molecule has 30 heavy (non-hydrogen) atoms. The van der Waals surface area contributed by atoms with Crippen LogP contribution in [0.5, 0.6) is 0 Å². The Balaban J connectivity index is 1.87. The van der Waals surface area contributed by atoms with Crippen LogP contribution in [-0.4, -0.2) is 38.6 Å². The van der Waals surface area contributed by atoms with E-state index in [-0.39, 0.29) is 18.6 Å². The maximum absolute atomic E-state index is 13.0. The zero-order valence-electron chi connectivity index (χ0n) is 16.1. The molecule has 7 nitrogen and oxygen atoms in total. The molecule has 0 bridgehead atoms. The first-order valence-corrected chi connectivity index (χ1v) is 10.7. The molecule has 2 aromatic rings. The van der Waals surface area contributed by atoms with Crippen LogP contribution in [0, 0.1) is 0 Å². The van der Waals surface area contributed by atoms with Gasteiger partial charge in [0.15, 0.2) is 0 Å². The number of carbonyl (C=O) groups is 1. The van der Waals surface area contributed by atoms with Crippen molar-refractivity contribution in [2.75, 3.05) is 6.61 Å². The molecular weight excluding hydrogens is 422 g/mol. The highest BCUT2D eigenvalue weighted by molar-refractivity contribution is 7.89. The molecule has 1 aliphatic rings. The van der Waals surface area contributed by atoms with Crippen LogP contribution in [0.15, 0.2) is 29.3 Å². The number of esters is 1. The van der Waals surface area contributed by atoms with Crippen LogP contribution >= 0.6 is 0 Å². The Hall–Kier alpha value is -2.34. The summed E-state index contributed by atoms with van der Waals surface area (Å²) in [5, 5.41) is 4.15. The molecule has 0 saturated heterocycles. The van der Waals surface area contributed by atoms with Gasteiger partial charge in [0.2, 0.25) is 10.0 Å². The number of fused-ring (bicyclic) bond motifs is 1. The molecule has 3 rings (SSSR count). The fourth-order valence-electron chi connectivity index (χ4n) is 3.40. The van der Waals surface area contributed by atoms with Crippen LogP contribution < -0.4 is 10.2 Å². The van der Waals surface area contributed by atoms with Crippen LogP contribution in [0.25, 0.3) is 0 Å². The third kappa shape index (κ3) is 4.86. The lowest BCUT2D eigenvalue weighted by atomic mass is 9.94. The van der Waals surface area contributed by atoms with Gasteiger partial charge in [-0.3, -0.25) is 9.48 Å². The normalized spacial score (nSPS) is 16.9. The van der Waals surface area contributed by atoms with Gasteiger partial charge in [0.1, 0.15) is 14.4 Å². The molecule has 1 atom stereocenters. The molecule has 0 fully saturated rings. The summed E-state index contributed by atoms with van der Waals surface area (Å²) in [6.45, 7) is 1.81. The lowest BCUT2D eigenvalue weighted by molar-refractivity contribution is -0.144. The molecule has 1 aromatic heterocycles. The van der Waals surface area contributed by atoms with Crippen molar-refractivity contribution >= 4 is 29.3 Å². The second-order valence-corrected chi connectivity index (χ2v) is 8.58. The fourth-order valence-corrected chi connectivity index (χ4v) is 4.73. The average Bonchev–Trinajstić information content (AvgIpc) is 3.04. The maximum Gasteiger partial charge on any atom is 0.416 e. The van der Waals surface area contributed by atoms with E-state index in [1.165, 1.54) is 10.9 Å². The van der Waals surface area contributed by atoms with Crippen molar-refractivity contribution in [3.8, 4) is 0 Å². The Morgan fingerprint density at radius 2 is 2.10 bits per heavy atom. The standard InChI is InChI=1S/C18H19BF3N3O4S/c1-2-29-17(26)10-25-16-5-3-4-15(14(16)9-23-25)24-30(27,28)13-7-11(18(20,21)22)6-12(19)8-13/h6-9,15,24H,2-5,10H2,1H3/t15-/m1/s1. The first kappa shape index (κ1) is 22.4. The highest BCUT2D eigenvalue weighted by Crippen LogP contribution is 2.33. The van der Waals surface area contributed by atoms with Gasteiger partial charge < -0.3 is 4.74 Å². The molecule has 1 aliphatic carbocycles. The number of hydrogen-bond donors (Lipinski definition) is 1. The van der Waals surface area contributed by atoms with Crippen molar-refractivity contribution < 1.29 is 31.1 Å². The number of benzene rings is 1. The minimum absolute atomic E-state index is 0.104. The number of rotatable bonds is 6. The lowest BCUT2D eigenvalue weighted by Crippen LogP contribution is -2.32. The van der Waals surface area contributed by atoms with Crippen LogP contribution in [0.2, 0.25) is 0 Å². The first-order chi connectivity index (χ1) is 14.0. The summed E-state index contributed by atoms with van der Waals surface area (Å²) in [5.41, 5.74) is -0.189. The quantitative estimate of drug-likeness (QED) is 0.544. The molecule has 0 spiro atoms. The molecule has 0 amide bonds. The van der Waals surface area contributed by atoms with Crippen molar-refractivity contribution in [3.05, 3.63) is 41.2 Å². The molecule has 160 valence electrons. The van der Waals surface area contributed by atoms with E-state index in [9.17, 15) is 26.4 Å². The molecule has 0 unspecified atom stereocenters. The third-order valence-electron chi connectivity index (χ3n) is 4.71. The predicted octanol–water partition coefficient (Wildman–Crippen LogP) is 1.61. The first-order valence-electron chi connectivity index (χ1n) is 9.21. The highest BCUT2D eigenvalue weighted by Gasteiger charge is 2.33. The van der Waals surface area contributed by atoms with E-state index in [2.05, 4.69) is 9.82 Å². The average molecular weight is 441 g/mol. The summed E-state index contributed by atoms with van der Waals surface area (Å²) in [4.78, 5) is 11.2. The van der Waals surface area contributed by atoms with Crippen molar-refractivity contribution in [3.63, 3.8) is 0 Å². The molecule has 0 aliphatic heterocycles. The van der Waals surface area contributed by atoms with Gasteiger partial charge in [0.25, 0.3) is 0 Å². The highest BCUT2D eigenvalue weighted by atomic mass is 32.2. The zero-order valence-corrected chi connectivity index (χ0v) is 16.9. The summed E-state index contributed by atoms with van der Waals surface area (Å²) >= 11 is 0. The number of sulfonamides is 1. The summed E-state index contributed by atoms with van der Waals surface area (Å²) in [6.07, 6.45) is -1.64. The number of alkyl halides is 3. The summed E-state index contributed by atoms with van der Waals surface area (Å²) < 4.78 is 73.5. The smallest absolute Gasteiger partial charge is 0.416 e. The van der Waals surface area contributed by atoms with Gasteiger partial charge in [-0.05, 0) is 38.3 Å². The number of hydrogen-bond acceptors (Lipinski definition) is 5. The Bertz CT molecular complexity index is 1050. The largest absolute Gasteiger partial charge is 0.465 e. The second kappa shape index (κ2) is 8.42. The Labute approximate surface area is 173 Å². The summed E-state index contributed by atoms with van der Waals surface area (Å²) in [5.74, 6) is -0.467. The maximum atomic E-state index is 13.0. The number of carbonyl (C=O) groups excluding carboxylic acids is 1. The van der Waals surface area contributed by atoms with Gasteiger partial charge in [0, 0.05) is 11.3 Å². The van der Waals surface area contributed by atoms with Gasteiger partial charge in [-0.2, -0.15) is 18.3 Å². The molecule has 1 heterocycles. The molecule has 2 radical (unpaired) electrons. The van der Waals surface area contributed by atoms with Crippen molar-refractivity contribution in [1.29, 1.82) is 0 Å². The lowest BCUT2D eigenvalue weighted by Gasteiger charge is -2.24. The van der Waals surface area contributed by atoms with E-state index in [1.54, 1.807) is 6.92 Å². The van der Waals surface area contributed by atoms with Gasteiger partial charge in [-0.1, -0.05) is 11.5 Å². The molecular formula is C18H19BF3N3O4S. The number of nitrogens with one attached hydrogen (secondary N) is 1. The van der Waals surface area contributed by atoms with Crippen LogP contribution in [0.3, 0.4) is 0 Å². The van der Waals surface area contributed by atoms with E-state index >= 15 is 0 Å². The predicted molar refractivity (Wildman–Crippen MR) is 102 cm³/mol. The van der Waals surface area contributed by atoms with E-state index in [0.717, 1.165) is 6.07 Å². The van der Waals surface area contributed by atoms with E-state index in [1.807, 2.05) is 0 Å². The van der Waals surface area contributed by atoms with Crippen molar-refractivity contribution in [2.24, 2.45) is 0 Å². The fraction of sp³-hybridized carbons (Fsp3) is 0.444. The van der Waals surface area contributed by atoms with E-state index in [0.29, 0.717) is 42.7 Å². The van der Waals surface area contributed by atoms with Gasteiger partial charge in [-0.25, -0.2) is 13.1 Å². The number of halogens is 3. The van der Waals surface area contributed by atoms with Crippen molar-refractivity contribution in [1.82, 2.24) is 14.5 Å². The van der Waals surface area contributed by atoms with Gasteiger partial charge in [-0.15, -0.1) is 0 Å². The van der Waals surface area contributed by atoms with Gasteiger partial charge >= 0.3 is 12.1 Å². The summed E-state index contributed by atoms with van der Waals surface area (Å²) in [7, 11) is 1.20.